The second-order valence-corrected chi connectivity index (χ2v) is 11.0. The highest BCUT2D eigenvalue weighted by Gasteiger charge is 2.43. The highest BCUT2D eigenvalue weighted by atomic mass is 32.2. The zero-order valence-corrected chi connectivity index (χ0v) is 16.9. The van der Waals surface area contributed by atoms with Crippen molar-refractivity contribution in [2.24, 2.45) is 5.92 Å². The Bertz CT molecular complexity index is 731. The number of nitrogens with one attached hydrogen (secondary N) is 1. The molecule has 0 bridgehead atoms. The predicted molar refractivity (Wildman–Crippen MR) is 99.7 cm³/mol. The summed E-state index contributed by atoms with van der Waals surface area (Å²) in [6.45, 7) is 6.29. The predicted octanol–water partition coefficient (Wildman–Crippen LogP) is 2.66. The van der Waals surface area contributed by atoms with Crippen LogP contribution in [-0.4, -0.2) is 41.7 Å². The third-order valence-corrected chi connectivity index (χ3v) is 7.99. The van der Waals surface area contributed by atoms with Gasteiger partial charge in [0.2, 0.25) is 11.8 Å². The van der Waals surface area contributed by atoms with Gasteiger partial charge in [-0.2, -0.15) is 0 Å². The molecular weight excluding hydrogens is 356 g/mol. The van der Waals surface area contributed by atoms with E-state index in [0.717, 1.165) is 32.1 Å². The van der Waals surface area contributed by atoms with E-state index in [1.165, 1.54) is 19.9 Å². The van der Waals surface area contributed by atoms with Crippen molar-refractivity contribution in [3.05, 3.63) is 11.8 Å². The van der Waals surface area contributed by atoms with Crippen molar-refractivity contribution in [2.75, 3.05) is 17.7 Å². The van der Waals surface area contributed by atoms with Gasteiger partial charge in [0, 0.05) is 11.5 Å². The normalized spacial score (nSPS) is 17.3. The number of hydrogen-bond donors (Lipinski definition) is 2. The molecule has 0 radical (unpaired) electrons. The molecular formula is C18H30N2O5S. The van der Waals surface area contributed by atoms with E-state index >= 15 is 0 Å². The van der Waals surface area contributed by atoms with E-state index in [9.17, 15) is 18.3 Å². The van der Waals surface area contributed by atoms with Gasteiger partial charge in [-0.15, -0.1) is 0 Å². The molecule has 0 aliphatic heterocycles. The molecule has 26 heavy (non-hydrogen) atoms. The summed E-state index contributed by atoms with van der Waals surface area (Å²) in [5.74, 6) is -0.402. The molecule has 1 aliphatic rings. The van der Waals surface area contributed by atoms with Crippen LogP contribution < -0.4 is 5.32 Å². The molecule has 0 saturated heterocycles. The molecule has 1 amide bonds. The molecule has 1 fully saturated rings. The first-order chi connectivity index (χ1) is 12.0. The van der Waals surface area contributed by atoms with Crippen LogP contribution in [0.25, 0.3) is 0 Å². The molecule has 0 unspecified atom stereocenters. The Morgan fingerprint density at radius 1 is 1.27 bits per heavy atom. The molecule has 8 heteroatoms. The van der Waals surface area contributed by atoms with Gasteiger partial charge in [-0.25, -0.2) is 8.42 Å². The summed E-state index contributed by atoms with van der Waals surface area (Å²) in [5, 5.41) is 15.7. The second kappa shape index (κ2) is 7.68. The van der Waals surface area contributed by atoms with Crippen molar-refractivity contribution in [3.63, 3.8) is 0 Å². The number of aliphatic hydroxyl groups is 1. The Balaban J connectivity index is 2.09. The fourth-order valence-corrected chi connectivity index (χ4v) is 4.71. The van der Waals surface area contributed by atoms with Crippen LogP contribution >= 0.6 is 0 Å². The number of carbonyl (C=O) groups is 1. The first-order valence-corrected chi connectivity index (χ1v) is 10.8. The Morgan fingerprint density at radius 3 is 2.46 bits per heavy atom. The Kier molecular flexibility index (Phi) is 6.17. The number of sulfone groups is 1. The van der Waals surface area contributed by atoms with Crippen LogP contribution in [0, 0.1) is 5.92 Å². The summed E-state index contributed by atoms with van der Waals surface area (Å²) in [5.41, 5.74) is -0.132. The molecule has 1 aromatic rings. The van der Waals surface area contributed by atoms with E-state index in [2.05, 4.69) is 10.5 Å². The number of carbonyl (C=O) groups excluding carboxylic acids is 1. The van der Waals surface area contributed by atoms with Gasteiger partial charge in [-0.05, 0) is 32.6 Å². The molecule has 1 aromatic heterocycles. The topological polar surface area (TPSA) is 110 Å². The number of hydrogen-bond acceptors (Lipinski definition) is 6. The van der Waals surface area contributed by atoms with E-state index in [0.29, 0.717) is 5.69 Å². The molecule has 0 spiro atoms. The van der Waals surface area contributed by atoms with E-state index < -0.39 is 25.9 Å². The molecule has 1 aliphatic carbocycles. The molecule has 2 rings (SSSR count). The molecule has 2 N–H and O–H groups in total. The number of aromatic nitrogens is 1. The van der Waals surface area contributed by atoms with Crippen LogP contribution in [-0.2, 0) is 20.0 Å². The van der Waals surface area contributed by atoms with Crippen LogP contribution in [0.1, 0.15) is 65.5 Å². The smallest absolute Gasteiger partial charge is 0.247 e. The lowest BCUT2D eigenvalue weighted by Gasteiger charge is -2.27. The summed E-state index contributed by atoms with van der Waals surface area (Å²) in [4.78, 5) is 12.6. The number of rotatable bonds is 7. The quantitative estimate of drug-likeness (QED) is 0.745. The molecule has 1 saturated carbocycles. The minimum Gasteiger partial charge on any atom is -0.395 e. The summed E-state index contributed by atoms with van der Waals surface area (Å²) >= 11 is 0. The highest BCUT2D eigenvalue weighted by Crippen LogP contribution is 2.30. The number of aliphatic hydroxyl groups excluding tert-OH is 1. The van der Waals surface area contributed by atoms with Crippen LogP contribution in [0.5, 0.6) is 0 Å². The minimum atomic E-state index is -3.62. The summed E-state index contributed by atoms with van der Waals surface area (Å²) in [6, 6.07) is 1.51. The van der Waals surface area contributed by atoms with Crippen LogP contribution in [0.2, 0.25) is 0 Å². The Morgan fingerprint density at radius 2 is 1.88 bits per heavy atom. The first kappa shape index (κ1) is 20.9. The van der Waals surface area contributed by atoms with Gasteiger partial charge >= 0.3 is 0 Å². The first-order valence-electron chi connectivity index (χ1n) is 9.11. The fraction of sp³-hybridized carbons (Fsp3) is 0.778. The number of nitrogens with zero attached hydrogens (tertiary/aromatic N) is 1. The lowest BCUT2D eigenvalue weighted by molar-refractivity contribution is -0.118. The van der Waals surface area contributed by atoms with Gasteiger partial charge < -0.3 is 9.63 Å². The Hall–Kier alpha value is -1.41. The monoisotopic (exact) mass is 386 g/mol. The van der Waals surface area contributed by atoms with Crippen LogP contribution in [0.15, 0.2) is 10.6 Å². The van der Waals surface area contributed by atoms with Crippen LogP contribution in [0.4, 0.5) is 5.88 Å². The van der Waals surface area contributed by atoms with Crippen molar-refractivity contribution < 1.29 is 22.8 Å². The van der Waals surface area contributed by atoms with Gasteiger partial charge in [0.05, 0.1) is 18.1 Å². The molecule has 7 nitrogen and oxygen atoms in total. The van der Waals surface area contributed by atoms with Gasteiger partial charge in [0.25, 0.3) is 0 Å². The lowest BCUT2D eigenvalue weighted by Crippen LogP contribution is -2.46. The highest BCUT2D eigenvalue weighted by molar-refractivity contribution is 7.93. The molecule has 1 heterocycles. The zero-order chi connectivity index (χ0) is 19.6. The third kappa shape index (κ3) is 4.46. The van der Waals surface area contributed by atoms with Gasteiger partial charge in [-0.1, -0.05) is 38.3 Å². The maximum absolute atomic E-state index is 12.8. The van der Waals surface area contributed by atoms with E-state index in [1.54, 1.807) is 13.8 Å². The van der Waals surface area contributed by atoms with Crippen LogP contribution in [0.3, 0.4) is 0 Å². The standard InChI is InChI=1S/C18H30N2O5S/c1-17(2,12-21)14-10-15(25-20-14)19-16(22)18(3,4)26(23,24)11-13-8-6-5-7-9-13/h10,13,21H,5-9,11-12H2,1-4H3,(H,19,22). The number of anilines is 1. The van der Waals surface area contributed by atoms with Gasteiger partial charge in [0.1, 0.15) is 4.75 Å². The van der Waals surface area contributed by atoms with Crippen molar-refractivity contribution in [3.8, 4) is 0 Å². The zero-order valence-electron chi connectivity index (χ0n) is 16.0. The average Bonchev–Trinajstić information content (AvgIpc) is 3.04. The van der Waals surface area contributed by atoms with E-state index in [4.69, 9.17) is 4.52 Å². The second-order valence-electron chi connectivity index (χ2n) is 8.37. The van der Waals surface area contributed by atoms with Gasteiger partial charge in [-0.3, -0.25) is 10.1 Å². The largest absolute Gasteiger partial charge is 0.395 e. The van der Waals surface area contributed by atoms with Crippen molar-refractivity contribution >= 4 is 21.6 Å². The summed E-state index contributed by atoms with van der Waals surface area (Å²) < 4.78 is 29.2. The molecule has 0 atom stereocenters. The maximum Gasteiger partial charge on any atom is 0.247 e. The maximum atomic E-state index is 12.8. The van der Waals surface area contributed by atoms with Crippen molar-refractivity contribution in [1.29, 1.82) is 0 Å². The fourth-order valence-electron chi connectivity index (χ4n) is 3.01. The van der Waals surface area contributed by atoms with Crippen molar-refractivity contribution in [1.82, 2.24) is 5.16 Å². The van der Waals surface area contributed by atoms with Crippen molar-refractivity contribution in [2.45, 2.75) is 70.0 Å². The molecule has 148 valence electrons. The Labute approximate surface area is 155 Å². The SMILES string of the molecule is CC(C)(CO)c1cc(NC(=O)C(C)(C)S(=O)(=O)CC2CCCCC2)on1. The summed E-state index contributed by atoms with van der Waals surface area (Å²) in [7, 11) is -3.62. The average molecular weight is 387 g/mol. The van der Waals surface area contributed by atoms with Gasteiger partial charge in [0.15, 0.2) is 9.84 Å². The number of amides is 1. The third-order valence-electron chi connectivity index (χ3n) is 5.34. The minimum absolute atomic E-state index is 0.0343. The van der Waals surface area contributed by atoms with E-state index in [-0.39, 0.29) is 24.2 Å². The summed E-state index contributed by atoms with van der Waals surface area (Å²) in [6.07, 6.45) is 5.05. The van der Waals surface area contributed by atoms with E-state index in [1.807, 2.05) is 0 Å². The molecule has 0 aromatic carbocycles. The lowest BCUT2D eigenvalue weighted by atomic mass is 9.91.